The minimum Gasteiger partial charge on any atom is -0.394 e. The predicted octanol–water partition coefficient (Wildman–Crippen LogP) is 1.93. The summed E-state index contributed by atoms with van der Waals surface area (Å²) in [5, 5.41) is 8.89. The van der Waals surface area contributed by atoms with Crippen LogP contribution in [0.4, 0.5) is 0 Å². The normalized spacial score (nSPS) is 27.0. The van der Waals surface area contributed by atoms with Crippen molar-refractivity contribution >= 4 is 9.84 Å². The zero-order valence-electron chi connectivity index (χ0n) is 13.2. The molecule has 5 heteroatoms. The molecular weight excluding hydrogens is 310 g/mol. The second-order valence-corrected chi connectivity index (χ2v) is 8.51. The van der Waals surface area contributed by atoms with Gasteiger partial charge in [0.25, 0.3) is 0 Å². The number of nitrogens with two attached hydrogens (primary N) is 1. The molecule has 3 atom stereocenters. The molecule has 4 nitrogen and oxygen atoms in total. The summed E-state index contributed by atoms with van der Waals surface area (Å²) in [7, 11) is -3.59. The van der Waals surface area contributed by atoms with Gasteiger partial charge in [0.15, 0.2) is 9.84 Å². The van der Waals surface area contributed by atoms with Crippen molar-refractivity contribution in [2.24, 2.45) is 5.73 Å². The zero-order valence-corrected chi connectivity index (χ0v) is 14.0. The van der Waals surface area contributed by atoms with Crippen molar-refractivity contribution in [1.82, 2.24) is 0 Å². The van der Waals surface area contributed by atoms with Crippen LogP contribution in [0.15, 0.2) is 53.4 Å². The Morgan fingerprint density at radius 3 is 1.96 bits per heavy atom. The molecule has 0 heterocycles. The molecule has 0 spiro atoms. The molecule has 3 unspecified atom stereocenters. The van der Waals surface area contributed by atoms with Gasteiger partial charge in [-0.15, -0.1) is 0 Å². The van der Waals surface area contributed by atoms with Crippen molar-refractivity contribution in [3.63, 3.8) is 0 Å². The number of benzene rings is 2. The molecule has 1 aliphatic carbocycles. The first kappa shape index (κ1) is 16.2. The van der Waals surface area contributed by atoms with Gasteiger partial charge >= 0.3 is 0 Å². The quantitative estimate of drug-likeness (QED) is 0.897. The average molecular weight is 331 g/mol. The van der Waals surface area contributed by atoms with Gasteiger partial charge in [0, 0.05) is 5.92 Å². The molecule has 2 aromatic carbocycles. The maximum Gasteiger partial charge on any atom is 0.183 e. The SMILES string of the molecule is Cc1ccc(C2C(S(=O)(=O)c3ccc(C)cc3)C2(N)CO)cc1. The van der Waals surface area contributed by atoms with Crippen molar-refractivity contribution in [1.29, 1.82) is 0 Å². The molecular formula is C18H21NO3S. The molecule has 0 aromatic heterocycles. The third kappa shape index (κ3) is 2.59. The van der Waals surface area contributed by atoms with E-state index in [9.17, 15) is 13.5 Å². The molecule has 0 radical (unpaired) electrons. The number of aliphatic hydroxyl groups is 1. The number of sulfone groups is 1. The second kappa shape index (κ2) is 5.44. The first-order valence-electron chi connectivity index (χ1n) is 7.57. The van der Waals surface area contributed by atoms with E-state index in [4.69, 9.17) is 5.73 Å². The molecule has 2 aromatic rings. The summed E-state index contributed by atoms with van der Waals surface area (Å²) >= 11 is 0. The van der Waals surface area contributed by atoms with Gasteiger partial charge in [-0.05, 0) is 31.5 Å². The first-order chi connectivity index (χ1) is 10.8. The summed E-state index contributed by atoms with van der Waals surface area (Å²) in [6, 6.07) is 14.4. The lowest BCUT2D eigenvalue weighted by atomic mass is 10.1. The summed E-state index contributed by atoms with van der Waals surface area (Å²) < 4.78 is 25.9. The van der Waals surface area contributed by atoms with E-state index in [2.05, 4.69) is 0 Å². The molecule has 0 aliphatic heterocycles. The number of aliphatic hydroxyl groups excluding tert-OH is 1. The van der Waals surface area contributed by atoms with Gasteiger partial charge in [-0.2, -0.15) is 0 Å². The molecule has 0 bridgehead atoms. The maximum absolute atomic E-state index is 12.9. The number of rotatable bonds is 4. The lowest BCUT2D eigenvalue weighted by molar-refractivity contribution is 0.253. The standard InChI is InChI=1S/C18H21NO3S/c1-12-3-7-14(8-4-12)16-17(18(16,19)11-20)23(21,22)15-9-5-13(2)6-10-15/h3-10,16-17,20H,11,19H2,1-2H3. The molecule has 1 saturated carbocycles. The second-order valence-electron chi connectivity index (χ2n) is 6.44. The van der Waals surface area contributed by atoms with Crippen LogP contribution in [0.1, 0.15) is 22.6 Å². The smallest absolute Gasteiger partial charge is 0.183 e. The fourth-order valence-corrected chi connectivity index (χ4v) is 5.51. The topological polar surface area (TPSA) is 80.4 Å². The fourth-order valence-electron chi connectivity index (χ4n) is 3.21. The Kier molecular flexibility index (Phi) is 3.83. The molecule has 23 heavy (non-hydrogen) atoms. The highest BCUT2D eigenvalue weighted by Crippen LogP contribution is 2.55. The summed E-state index contributed by atoms with van der Waals surface area (Å²) in [5.41, 5.74) is 8.05. The average Bonchev–Trinajstić information content (AvgIpc) is 3.16. The summed E-state index contributed by atoms with van der Waals surface area (Å²) in [6.07, 6.45) is 0. The minimum atomic E-state index is -3.59. The number of hydrogen-bond donors (Lipinski definition) is 2. The van der Waals surface area contributed by atoms with Gasteiger partial charge < -0.3 is 10.8 Å². The number of aryl methyl sites for hydroxylation is 2. The molecule has 0 amide bonds. The van der Waals surface area contributed by atoms with E-state index in [1.54, 1.807) is 24.3 Å². The highest BCUT2D eigenvalue weighted by molar-refractivity contribution is 7.92. The maximum atomic E-state index is 12.9. The Bertz CT molecular complexity index is 812. The largest absolute Gasteiger partial charge is 0.394 e. The molecule has 1 fully saturated rings. The minimum absolute atomic E-state index is 0.256. The van der Waals surface area contributed by atoms with E-state index in [-0.39, 0.29) is 17.4 Å². The lowest BCUT2D eigenvalue weighted by Gasteiger charge is -2.08. The molecule has 122 valence electrons. The lowest BCUT2D eigenvalue weighted by Crippen LogP contribution is -2.35. The molecule has 0 saturated heterocycles. The van der Waals surface area contributed by atoms with Gasteiger partial charge in [-0.25, -0.2) is 8.42 Å². The first-order valence-corrected chi connectivity index (χ1v) is 9.12. The Morgan fingerprint density at radius 2 is 1.48 bits per heavy atom. The van der Waals surface area contributed by atoms with Crippen molar-refractivity contribution in [2.45, 2.75) is 35.4 Å². The van der Waals surface area contributed by atoms with Crippen LogP contribution in [-0.4, -0.2) is 30.9 Å². The highest BCUT2D eigenvalue weighted by atomic mass is 32.2. The summed E-state index contributed by atoms with van der Waals surface area (Å²) in [4.78, 5) is 0.256. The van der Waals surface area contributed by atoms with Crippen LogP contribution >= 0.6 is 0 Å². The van der Waals surface area contributed by atoms with Gasteiger partial charge in [0.2, 0.25) is 0 Å². The van der Waals surface area contributed by atoms with Gasteiger partial charge in [0.1, 0.15) is 0 Å². The monoisotopic (exact) mass is 331 g/mol. The fraction of sp³-hybridized carbons (Fsp3) is 0.333. The summed E-state index contributed by atoms with van der Waals surface area (Å²) in [6.45, 7) is 3.52. The predicted molar refractivity (Wildman–Crippen MR) is 90.1 cm³/mol. The van der Waals surface area contributed by atoms with E-state index in [1.165, 1.54) is 0 Å². The third-order valence-electron chi connectivity index (χ3n) is 4.70. The van der Waals surface area contributed by atoms with Crippen LogP contribution in [0, 0.1) is 13.8 Å². The molecule has 3 N–H and O–H groups in total. The van der Waals surface area contributed by atoms with Crippen LogP contribution in [0.2, 0.25) is 0 Å². The Balaban J connectivity index is 2.01. The molecule has 3 rings (SSSR count). The van der Waals surface area contributed by atoms with Crippen LogP contribution in [0.5, 0.6) is 0 Å². The van der Waals surface area contributed by atoms with Crippen LogP contribution in [-0.2, 0) is 9.84 Å². The molecule has 1 aliphatic rings. The van der Waals surface area contributed by atoms with Crippen molar-refractivity contribution in [3.05, 3.63) is 65.2 Å². The van der Waals surface area contributed by atoms with Crippen LogP contribution < -0.4 is 5.73 Å². The van der Waals surface area contributed by atoms with Gasteiger partial charge in [-0.1, -0.05) is 47.5 Å². The van der Waals surface area contributed by atoms with E-state index >= 15 is 0 Å². The van der Waals surface area contributed by atoms with Gasteiger partial charge in [0.05, 0.1) is 22.3 Å². The summed E-state index contributed by atoms with van der Waals surface area (Å²) in [5.74, 6) is -0.389. The Labute approximate surface area is 136 Å². The van der Waals surface area contributed by atoms with E-state index in [0.717, 1.165) is 16.7 Å². The van der Waals surface area contributed by atoms with Crippen molar-refractivity contribution < 1.29 is 13.5 Å². The van der Waals surface area contributed by atoms with E-state index in [0.29, 0.717) is 0 Å². The number of hydrogen-bond acceptors (Lipinski definition) is 4. The van der Waals surface area contributed by atoms with Gasteiger partial charge in [-0.3, -0.25) is 0 Å². The van der Waals surface area contributed by atoms with Crippen LogP contribution in [0.25, 0.3) is 0 Å². The Hall–Kier alpha value is -1.69. The van der Waals surface area contributed by atoms with E-state index < -0.39 is 20.6 Å². The Morgan fingerprint density at radius 1 is 1.00 bits per heavy atom. The third-order valence-corrected chi connectivity index (χ3v) is 7.01. The zero-order chi connectivity index (χ0) is 16.8. The van der Waals surface area contributed by atoms with Crippen molar-refractivity contribution in [3.8, 4) is 0 Å². The van der Waals surface area contributed by atoms with Crippen LogP contribution in [0.3, 0.4) is 0 Å². The highest BCUT2D eigenvalue weighted by Gasteiger charge is 2.69. The van der Waals surface area contributed by atoms with Crippen molar-refractivity contribution in [2.75, 3.05) is 6.61 Å². The van der Waals surface area contributed by atoms with E-state index in [1.807, 2.05) is 38.1 Å².